The highest BCUT2D eigenvalue weighted by Crippen LogP contribution is 2.25. The number of piperidine rings is 1. The zero-order valence-electron chi connectivity index (χ0n) is 17.9. The van der Waals surface area contributed by atoms with E-state index in [0.29, 0.717) is 23.5 Å². The minimum atomic E-state index is -0.636. The van der Waals surface area contributed by atoms with Crippen LogP contribution in [-0.4, -0.2) is 39.9 Å². The van der Waals surface area contributed by atoms with Gasteiger partial charge >= 0.3 is 0 Å². The first-order valence-electron chi connectivity index (χ1n) is 10.0. The molecule has 8 heteroatoms. The summed E-state index contributed by atoms with van der Waals surface area (Å²) in [6.07, 6.45) is 1.40. The third-order valence-electron chi connectivity index (χ3n) is 5.26. The molecule has 2 heterocycles. The fraction of sp³-hybridized carbons (Fsp3) is 0.571. The SMILES string of the molecule is Cc1cc(OC(C)C(=O)Nc2nc(C3CCNCC3)nn2C)ccc1C(C)C.Cl. The Labute approximate surface area is 179 Å². The highest BCUT2D eigenvalue weighted by atomic mass is 35.5. The number of benzene rings is 1. The van der Waals surface area contributed by atoms with Crippen molar-refractivity contribution in [1.29, 1.82) is 0 Å². The first-order valence-corrected chi connectivity index (χ1v) is 10.0. The maximum absolute atomic E-state index is 12.6. The Balaban J connectivity index is 0.00000300. The predicted molar refractivity (Wildman–Crippen MR) is 117 cm³/mol. The molecule has 1 unspecified atom stereocenters. The van der Waals surface area contributed by atoms with Crippen LogP contribution in [0, 0.1) is 6.92 Å². The minimum absolute atomic E-state index is 0. The molecule has 7 nitrogen and oxygen atoms in total. The van der Waals surface area contributed by atoms with Crippen molar-refractivity contribution in [2.45, 2.75) is 58.5 Å². The van der Waals surface area contributed by atoms with E-state index in [4.69, 9.17) is 4.74 Å². The van der Waals surface area contributed by atoms with Gasteiger partial charge in [-0.05, 0) is 69.0 Å². The molecule has 1 aromatic carbocycles. The minimum Gasteiger partial charge on any atom is -0.481 e. The molecule has 1 aliphatic heterocycles. The van der Waals surface area contributed by atoms with Crippen LogP contribution in [0.3, 0.4) is 0 Å². The van der Waals surface area contributed by atoms with Crippen molar-refractivity contribution in [1.82, 2.24) is 20.1 Å². The summed E-state index contributed by atoms with van der Waals surface area (Å²) < 4.78 is 7.48. The predicted octanol–water partition coefficient (Wildman–Crippen LogP) is 3.54. The topological polar surface area (TPSA) is 81.1 Å². The third kappa shape index (κ3) is 5.70. The van der Waals surface area contributed by atoms with Gasteiger partial charge in [-0.3, -0.25) is 10.1 Å². The molecule has 0 radical (unpaired) electrons. The van der Waals surface area contributed by atoms with Crippen LogP contribution < -0.4 is 15.4 Å². The largest absolute Gasteiger partial charge is 0.481 e. The van der Waals surface area contributed by atoms with E-state index in [1.807, 2.05) is 12.1 Å². The number of carbonyl (C=O) groups is 1. The number of ether oxygens (including phenoxy) is 1. The molecule has 1 amide bonds. The van der Waals surface area contributed by atoms with Crippen LogP contribution in [0.15, 0.2) is 18.2 Å². The van der Waals surface area contributed by atoms with Crippen molar-refractivity contribution in [3.63, 3.8) is 0 Å². The lowest BCUT2D eigenvalue weighted by molar-refractivity contribution is -0.122. The molecule has 0 bridgehead atoms. The van der Waals surface area contributed by atoms with Gasteiger partial charge in [-0.15, -0.1) is 12.4 Å². The Kier molecular flexibility index (Phi) is 8.05. The number of nitrogens with one attached hydrogen (secondary N) is 2. The lowest BCUT2D eigenvalue weighted by Crippen LogP contribution is -2.31. The summed E-state index contributed by atoms with van der Waals surface area (Å²) >= 11 is 0. The van der Waals surface area contributed by atoms with Crippen LogP contribution >= 0.6 is 12.4 Å². The van der Waals surface area contributed by atoms with Crippen LogP contribution in [0.1, 0.15) is 62.4 Å². The van der Waals surface area contributed by atoms with Crippen molar-refractivity contribution >= 4 is 24.3 Å². The normalized spacial score (nSPS) is 15.7. The summed E-state index contributed by atoms with van der Waals surface area (Å²) in [7, 11) is 1.80. The lowest BCUT2D eigenvalue weighted by atomic mass is 9.98. The highest BCUT2D eigenvalue weighted by molar-refractivity contribution is 5.92. The maximum atomic E-state index is 12.6. The molecule has 1 saturated heterocycles. The summed E-state index contributed by atoms with van der Waals surface area (Å²) in [6.45, 7) is 10.1. The molecule has 3 rings (SSSR count). The van der Waals surface area contributed by atoms with Crippen molar-refractivity contribution in [2.24, 2.45) is 7.05 Å². The molecular formula is C21H32ClN5O2. The number of aromatic nitrogens is 3. The van der Waals surface area contributed by atoms with E-state index in [1.54, 1.807) is 18.7 Å². The summed E-state index contributed by atoms with van der Waals surface area (Å²) in [6, 6.07) is 5.97. The van der Waals surface area contributed by atoms with Gasteiger partial charge in [0.05, 0.1) is 0 Å². The van der Waals surface area contributed by atoms with E-state index in [2.05, 4.69) is 47.6 Å². The average Bonchev–Trinajstić information content (AvgIpc) is 3.02. The zero-order chi connectivity index (χ0) is 20.3. The quantitative estimate of drug-likeness (QED) is 0.745. The smallest absolute Gasteiger partial charge is 0.267 e. The van der Waals surface area contributed by atoms with Gasteiger partial charge in [0, 0.05) is 13.0 Å². The van der Waals surface area contributed by atoms with Gasteiger partial charge in [-0.25, -0.2) is 4.68 Å². The molecule has 2 aromatic rings. The number of hydrogen-bond donors (Lipinski definition) is 2. The van der Waals surface area contributed by atoms with E-state index in [9.17, 15) is 4.79 Å². The van der Waals surface area contributed by atoms with Gasteiger partial charge < -0.3 is 10.1 Å². The number of nitrogens with zero attached hydrogens (tertiary/aromatic N) is 3. The number of carbonyl (C=O) groups excluding carboxylic acids is 1. The Morgan fingerprint density at radius 3 is 2.59 bits per heavy atom. The Hall–Kier alpha value is -2.12. The Morgan fingerprint density at radius 1 is 1.28 bits per heavy atom. The highest BCUT2D eigenvalue weighted by Gasteiger charge is 2.23. The fourth-order valence-electron chi connectivity index (χ4n) is 3.60. The number of rotatable bonds is 6. The second-order valence-corrected chi connectivity index (χ2v) is 7.86. The van der Waals surface area contributed by atoms with Crippen LogP contribution in [0.2, 0.25) is 0 Å². The zero-order valence-corrected chi connectivity index (χ0v) is 18.7. The standard InChI is InChI=1S/C21H31N5O2.ClH/c1-13(2)18-7-6-17(12-14(18)3)28-15(4)20(27)24-21-23-19(25-26(21)5)16-8-10-22-11-9-16;/h6-7,12-13,15-16,22H,8-11H2,1-5H3,(H,23,24,25,27);1H. The molecule has 1 fully saturated rings. The summed E-state index contributed by atoms with van der Waals surface area (Å²) in [5, 5.41) is 10.7. The monoisotopic (exact) mass is 421 g/mol. The van der Waals surface area contributed by atoms with E-state index in [0.717, 1.165) is 31.8 Å². The van der Waals surface area contributed by atoms with Crippen molar-refractivity contribution in [2.75, 3.05) is 18.4 Å². The van der Waals surface area contributed by atoms with E-state index < -0.39 is 6.10 Å². The molecule has 160 valence electrons. The van der Waals surface area contributed by atoms with Crippen molar-refractivity contribution in [3.05, 3.63) is 35.2 Å². The molecule has 0 aliphatic carbocycles. The summed E-state index contributed by atoms with van der Waals surface area (Å²) in [5.74, 6) is 2.51. The summed E-state index contributed by atoms with van der Waals surface area (Å²) in [4.78, 5) is 17.1. The van der Waals surface area contributed by atoms with Crippen LogP contribution in [0.5, 0.6) is 5.75 Å². The van der Waals surface area contributed by atoms with E-state index in [-0.39, 0.29) is 18.3 Å². The molecule has 2 N–H and O–H groups in total. The number of halogens is 1. The van der Waals surface area contributed by atoms with Crippen molar-refractivity contribution < 1.29 is 9.53 Å². The fourth-order valence-corrected chi connectivity index (χ4v) is 3.60. The van der Waals surface area contributed by atoms with Crippen LogP contribution in [0.25, 0.3) is 0 Å². The molecule has 1 atom stereocenters. The Bertz CT molecular complexity index is 830. The van der Waals surface area contributed by atoms with Gasteiger partial charge in [0.25, 0.3) is 5.91 Å². The van der Waals surface area contributed by atoms with Gasteiger partial charge in [-0.2, -0.15) is 10.1 Å². The number of hydrogen-bond acceptors (Lipinski definition) is 5. The molecule has 0 saturated carbocycles. The Morgan fingerprint density at radius 2 is 1.97 bits per heavy atom. The second-order valence-electron chi connectivity index (χ2n) is 7.86. The van der Waals surface area contributed by atoms with Gasteiger partial charge in [0.15, 0.2) is 11.9 Å². The molecule has 1 aliphatic rings. The van der Waals surface area contributed by atoms with Gasteiger partial charge in [-0.1, -0.05) is 19.9 Å². The lowest BCUT2D eigenvalue weighted by Gasteiger charge is -2.19. The second kappa shape index (κ2) is 10.1. The first-order chi connectivity index (χ1) is 13.3. The number of aryl methyl sites for hydroxylation is 2. The third-order valence-corrected chi connectivity index (χ3v) is 5.26. The first kappa shape index (κ1) is 23.2. The van der Waals surface area contributed by atoms with Gasteiger partial charge in [0.2, 0.25) is 5.95 Å². The molecule has 0 spiro atoms. The number of amides is 1. The van der Waals surface area contributed by atoms with Crippen molar-refractivity contribution in [3.8, 4) is 5.75 Å². The van der Waals surface area contributed by atoms with Crippen LogP contribution in [-0.2, 0) is 11.8 Å². The number of anilines is 1. The average molecular weight is 422 g/mol. The van der Waals surface area contributed by atoms with Gasteiger partial charge in [0.1, 0.15) is 5.75 Å². The molecular weight excluding hydrogens is 390 g/mol. The molecule has 29 heavy (non-hydrogen) atoms. The summed E-state index contributed by atoms with van der Waals surface area (Å²) in [5.41, 5.74) is 2.45. The maximum Gasteiger partial charge on any atom is 0.267 e. The van der Waals surface area contributed by atoms with E-state index >= 15 is 0 Å². The van der Waals surface area contributed by atoms with E-state index in [1.165, 1.54) is 11.1 Å². The van der Waals surface area contributed by atoms with Crippen LogP contribution in [0.4, 0.5) is 5.95 Å². The molecule has 1 aromatic heterocycles.